The monoisotopic (exact) mass is 359 g/mol. The second-order valence-corrected chi connectivity index (χ2v) is 7.85. The number of amides is 1. The maximum absolute atomic E-state index is 12.2. The van der Waals surface area contributed by atoms with Crippen LogP contribution in [0.1, 0.15) is 82.3 Å². The minimum absolute atomic E-state index is 0.0590. The first-order valence-corrected chi connectivity index (χ1v) is 10.6. The Balaban J connectivity index is 0.000000254. The Morgan fingerprint density at radius 1 is 0.923 bits per heavy atom. The second kappa shape index (κ2) is 11.3. The smallest absolute Gasteiger partial charge is 0.410 e. The average molecular weight is 360 g/mol. The molecule has 146 valence electrons. The summed E-state index contributed by atoms with van der Waals surface area (Å²) >= 11 is 0. The minimum Gasteiger partial charge on any atom is -0.450 e. The summed E-state index contributed by atoms with van der Waals surface area (Å²) in [5.74, 6) is 0. The number of ether oxygens (including phenoxy) is 1. The lowest BCUT2D eigenvalue weighted by atomic mass is 9.89. The molecule has 2 aliphatic rings. The van der Waals surface area contributed by atoms with Crippen LogP contribution in [0.3, 0.4) is 0 Å². The molecule has 0 aromatic heterocycles. The number of hydrogen-bond acceptors (Lipinski definition) is 2. The van der Waals surface area contributed by atoms with Crippen molar-refractivity contribution in [3.63, 3.8) is 0 Å². The number of hydrogen-bond donors (Lipinski definition) is 0. The molecule has 0 spiro atoms. The van der Waals surface area contributed by atoms with Crippen LogP contribution >= 0.6 is 0 Å². The van der Waals surface area contributed by atoms with Gasteiger partial charge < -0.3 is 9.64 Å². The molecule has 2 fully saturated rings. The van der Waals surface area contributed by atoms with Crippen LogP contribution in [0, 0.1) is 13.8 Å². The van der Waals surface area contributed by atoms with Crippen molar-refractivity contribution in [1.82, 2.24) is 4.90 Å². The highest BCUT2D eigenvalue weighted by atomic mass is 16.6. The van der Waals surface area contributed by atoms with Gasteiger partial charge in [0, 0.05) is 12.1 Å². The first-order valence-electron chi connectivity index (χ1n) is 10.6. The van der Waals surface area contributed by atoms with Crippen LogP contribution in [-0.4, -0.2) is 29.7 Å². The topological polar surface area (TPSA) is 29.5 Å². The molecule has 0 heterocycles. The van der Waals surface area contributed by atoms with Gasteiger partial charge in [-0.05, 0) is 46.5 Å². The molecular weight excluding hydrogens is 322 g/mol. The first-order chi connectivity index (χ1) is 12.6. The van der Waals surface area contributed by atoms with Crippen LogP contribution in [0.2, 0.25) is 0 Å². The predicted octanol–water partition coefficient (Wildman–Crippen LogP) is 6.41. The minimum atomic E-state index is -0.0590. The van der Waals surface area contributed by atoms with E-state index in [1.165, 1.54) is 75.3 Å². The number of nitrogens with zero attached hydrogens (tertiary/aromatic N) is 1. The Labute approximate surface area is 160 Å². The van der Waals surface area contributed by atoms with Gasteiger partial charge in [0.2, 0.25) is 0 Å². The van der Waals surface area contributed by atoms with E-state index in [0.717, 1.165) is 0 Å². The Hall–Kier alpha value is -1.51. The summed E-state index contributed by atoms with van der Waals surface area (Å²) in [6.07, 6.45) is 12.4. The number of aryl methyl sites for hydroxylation is 2. The van der Waals surface area contributed by atoms with Crippen LogP contribution in [0.25, 0.3) is 0 Å². The summed E-state index contributed by atoms with van der Waals surface area (Å²) in [6, 6.07) is 9.34. The summed E-state index contributed by atoms with van der Waals surface area (Å²) < 4.78 is 5.30. The zero-order chi connectivity index (χ0) is 18.8. The van der Waals surface area contributed by atoms with Crippen molar-refractivity contribution in [1.29, 1.82) is 0 Å². The molecule has 1 amide bonds. The second-order valence-electron chi connectivity index (χ2n) is 7.85. The van der Waals surface area contributed by atoms with Crippen molar-refractivity contribution in [3.05, 3.63) is 35.4 Å². The number of carbonyl (C=O) groups is 1. The molecule has 0 radical (unpaired) electrons. The van der Waals surface area contributed by atoms with Gasteiger partial charge in [-0.3, -0.25) is 0 Å². The van der Waals surface area contributed by atoms with Crippen molar-refractivity contribution in [3.8, 4) is 0 Å². The molecule has 0 aliphatic heterocycles. The molecule has 3 rings (SSSR count). The van der Waals surface area contributed by atoms with Gasteiger partial charge in [-0.2, -0.15) is 0 Å². The van der Waals surface area contributed by atoms with Crippen molar-refractivity contribution in [2.75, 3.05) is 6.61 Å². The number of carbonyl (C=O) groups excluding carboxylic acids is 1. The van der Waals surface area contributed by atoms with Gasteiger partial charge in [-0.1, -0.05) is 73.9 Å². The van der Waals surface area contributed by atoms with E-state index < -0.39 is 0 Å². The summed E-state index contributed by atoms with van der Waals surface area (Å²) in [5.41, 5.74) is 2.68. The zero-order valence-corrected chi connectivity index (χ0v) is 17.0. The van der Waals surface area contributed by atoms with Gasteiger partial charge in [-0.25, -0.2) is 4.79 Å². The van der Waals surface area contributed by atoms with E-state index >= 15 is 0 Å². The van der Waals surface area contributed by atoms with E-state index in [-0.39, 0.29) is 6.09 Å². The summed E-state index contributed by atoms with van der Waals surface area (Å²) in [7, 11) is 0. The van der Waals surface area contributed by atoms with E-state index in [0.29, 0.717) is 18.7 Å². The maximum Gasteiger partial charge on any atom is 0.410 e. The fraction of sp³-hybridized carbons (Fsp3) is 0.696. The van der Waals surface area contributed by atoms with Crippen molar-refractivity contribution >= 4 is 6.09 Å². The van der Waals surface area contributed by atoms with Gasteiger partial charge in [0.1, 0.15) is 0 Å². The van der Waals surface area contributed by atoms with E-state index in [1.54, 1.807) is 0 Å². The molecule has 2 aliphatic carbocycles. The van der Waals surface area contributed by atoms with E-state index in [4.69, 9.17) is 4.74 Å². The average Bonchev–Trinajstić information content (AvgIpc) is 2.64. The van der Waals surface area contributed by atoms with Crippen LogP contribution < -0.4 is 0 Å². The fourth-order valence-corrected chi connectivity index (χ4v) is 4.32. The third-order valence-corrected chi connectivity index (χ3v) is 5.59. The summed E-state index contributed by atoms with van der Waals surface area (Å²) in [6.45, 7) is 6.60. The van der Waals surface area contributed by atoms with Crippen LogP contribution in [-0.2, 0) is 4.74 Å². The van der Waals surface area contributed by atoms with Gasteiger partial charge in [0.15, 0.2) is 0 Å². The third-order valence-electron chi connectivity index (χ3n) is 5.59. The lowest BCUT2D eigenvalue weighted by Gasteiger charge is -2.40. The standard InChI is InChI=1S/C15H27NO2.C8H10/c1-2-18-15(17)16(13-9-5-3-6-10-13)14-11-7-4-8-12-14;1-7-4-3-5-8(2)6-7/h13-14H,2-12H2,1H3;3-6H,1-2H3. The Morgan fingerprint density at radius 2 is 1.38 bits per heavy atom. The molecule has 3 nitrogen and oxygen atoms in total. The highest BCUT2D eigenvalue weighted by Crippen LogP contribution is 2.30. The quantitative estimate of drug-likeness (QED) is 0.623. The highest BCUT2D eigenvalue weighted by molar-refractivity contribution is 5.68. The van der Waals surface area contributed by atoms with E-state index in [1.807, 2.05) is 6.92 Å². The molecule has 0 atom stereocenters. The normalized spacial score (nSPS) is 18.6. The lowest BCUT2D eigenvalue weighted by molar-refractivity contribution is 0.0484. The van der Waals surface area contributed by atoms with Gasteiger partial charge in [-0.15, -0.1) is 0 Å². The Kier molecular flexibility index (Phi) is 9.00. The molecular formula is C23H37NO2. The van der Waals surface area contributed by atoms with Crippen LogP contribution in [0.4, 0.5) is 4.79 Å². The van der Waals surface area contributed by atoms with Crippen molar-refractivity contribution < 1.29 is 9.53 Å². The van der Waals surface area contributed by atoms with Crippen LogP contribution in [0.5, 0.6) is 0 Å². The molecule has 2 saturated carbocycles. The number of rotatable bonds is 3. The lowest BCUT2D eigenvalue weighted by Crippen LogP contribution is -2.49. The maximum atomic E-state index is 12.2. The van der Waals surface area contributed by atoms with Gasteiger partial charge in [0.05, 0.1) is 6.61 Å². The molecule has 1 aromatic rings. The summed E-state index contributed by atoms with van der Waals surface area (Å²) in [5, 5.41) is 0. The Morgan fingerprint density at radius 3 is 1.73 bits per heavy atom. The van der Waals surface area contributed by atoms with E-state index in [9.17, 15) is 4.79 Å². The predicted molar refractivity (Wildman–Crippen MR) is 109 cm³/mol. The van der Waals surface area contributed by atoms with Gasteiger partial charge in [0.25, 0.3) is 0 Å². The zero-order valence-electron chi connectivity index (χ0n) is 17.0. The Bertz CT molecular complexity index is 496. The van der Waals surface area contributed by atoms with Gasteiger partial charge >= 0.3 is 6.09 Å². The van der Waals surface area contributed by atoms with E-state index in [2.05, 4.69) is 43.0 Å². The SMILES string of the molecule is CCOC(=O)N(C1CCCCC1)C1CCCCC1.Cc1cccc(C)c1. The molecule has 0 unspecified atom stereocenters. The van der Waals surface area contributed by atoms with Crippen molar-refractivity contribution in [2.24, 2.45) is 0 Å². The molecule has 1 aromatic carbocycles. The molecule has 0 bridgehead atoms. The molecule has 0 N–H and O–H groups in total. The first kappa shape index (κ1) is 20.8. The highest BCUT2D eigenvalue weighted by Gasteiger charge is 2.33. The van der Waals surface area contributed by atoms with Crippen LogP contribution in [0.15, 0.2) is 24.3 Å². The summed E-state index contributed by atoms with van der Waals surface area (Å²) in [4.78, 5) is 14.4. The largest absolute Gasteiger partial charge is 0.450 e. The third kappa shape index (κ3) is 6.66. The molecule has 0 saturated heterocycles. The fourth-order valence-electron chi connectivity index (χ4n) is 4.32. The van der Waals surface area contributed by atoms with Crippen molar-refractivity contribution in [2.45, 2.75) is 97.1 Å². The molecule has 26 heavy (non-hydrogen) atoms. The number of benzene rings is 1. The molecule has 3 heteroatoms.